The minimum Gasteiger partial charge on any atom is -0.344 e. The van der Waals surface area contributed by atoms with Gasteiger partial charge in [0.1, 0.15) is 0 Å². The van der Waals surface area contributed by atoms with Crippen molar-refractivity contribution in [3.63, 3.8) is 0 Å². The van der Waals surface area contributed by atoms with Crippen molar-refractivity contribution in [3.05, 3.63) is 17.8 Å². The molecule has 0 saturated heterocycles. The molecule has 0 aliphatic heterocycles. The van der Waals surface area contributed by atoms with Crippen LogP contribution < -0.4 is 10.2 Å². The third-order valence-corrected chi connectivity index (χ3v) is 2.85. The van der Waals surface area contributed by atoms with Crippen LogP contribution in [-0.4, -0.2) is 30.3 Å². The molecule has 90 valence electrons. The number of hydrogen-bond donors (Lipinski definition) is 1. The first-order valence-electron chi connectivity index (χ1n) is 5.99. The monoisotopic (exact) mass is 230 g/mol. The average molecular weight is 230 g/mol. The van der Waals surface area contributed by atoms with Crippen LogP contribution in [0.4, 0.5) is 5.82 Å². The first-order chi connectivity index (χ1) is 8.33. The highest BCUT2D eigenvalue weighted by Crippen LogP contribution is 2.30. The van der Waals surface area contributed by atoms with Gasteiger partial charge in [-0.15, -0.1) is 11.5 Å². The van der Waals surface area contributed by atoms with Crippen LogP contribution in [-0.2, 0) is 6.54 Å². The maximum atomic E-state index is 5.39. The van der Waals surface area contributed by atoms with E-state index >= 15 is 0 Å². The molecule has 0 radical (unpaired) electrons. The SMILES string of the molecule is C#CCN(CC1CC1)c1ccc(CNC)nn1. The van der Waals surface area contributed by atoms with Crippen molar-refractivity contribution >= 4 is 5.82 Å². The second-order valence-corrected chi connectivity index (χ2v) is 4.44. The predicted octanol–water partition coefficient (Wildman–Crippen LogP) is 1.05. The molecule has 0 atom stereocenters. The Morgan fingerprint density at radius 1 is 1.47 bits per heavy atom. The van der Waals surface area contributed by atoms with Gasteiger partial charge in [0.2, 0.25) is 0 Å². The summed E-state index contributed by atoms with van der Waals surface area (Å²) in [5.41, 5.74) is 0.948. The summed E-state index contributed by atoms with van der Waals surface area (Å²) in [6.45, 7) is 2.35. The Morgan fingerprint density at radius 2 is 2.29 bits per heavy atom. The van der Waals surface area contributed by atoms with E-state index in [0.717, 1.165) is 30.5 Å². The van der Waals surface area contributed by atoms with Crippen molar-refractivity contribution in [1.29, 1.82) is 0 Å². The molecular formula is C13H18N4. The summed E-state index contributed by atoms with van der Waals surface area (Å²) in [6, 6.07) is 3.99. The van der Waals surface area contributed by atoms with E-state index in [0.29, 0.717) is 6.54 Å². The minimum absolute atomic E-state index is 0.608. The summed E-state index contributed by atoms with van der Waals surface area (Å²) in [7, 11) is 1.90. The van der Waals surface area contributed by atoms with E-state index < -0.39 is 0 Å². The van der Waals surface area contributed by atoms with E-state index in [1.54, 1.807) is 0 Å². The van der Waals surface area contributed by atoms with Crippen LogP contribution in [0.3, 0.4) is 0 Å². The van der Waals surface area contributed by atoms with Crippen molar-refractivity contribution in [2.24, 2.45) is 5.92 Å². The molecule has 1 aliphatic rings. The Labute approximate surface area is 102 Å². The van der Waals surface area contributed by atoms with Gasteiger partial charge in [0.25, 0.3) is 0 Å². The molecule has 1 aromatic rings. The molecular weight excluding hydrogens is 212 g/mol. The van der Waals surface area contributed by atoms with Crippen LogP contribution in [0, 0.1) is 18.3 Å². The van der Waals surface area contributed by atoms with Crippen molar-refractivity contribution in [2.75, 3.05) is 25.0 Å². The summed E-state index contributed by atoms with van der Waals surface area (Å²) in [5.74, 6) is 4.36. The highest BCUT2D eigenvalue weighted by atomic mass is 15.3. The van der Waals surface area contributed by atoms with Crippen LogP contribution in [0.25, 0.3) is 0 Å². The normalized spacial score (nSPS) is 14.4. The lowest BCUT2D eigenvalue weighted by molar-refractivity contribution is 0.728. The predicted molar refractivity (Wildman–Crippen MR) is 68.6 cm³/mol. The number of rotatable bonds is 6. The lowest BCUT2D eigenvalue weighted by Crippen LogP contribution is -2.27. The molecule has 1 saturated carbocycles. The van der Waals surface area contributed by atoms with Crippen molar-refractivity contribution in [2.45, 2.75) is 19.4 Å². The van der Waals surface area contributed by atoms with Gasteiger partial charge in [0.15, 0.2) is 5.82 Å². The Morgan fingerprint density at radius 3 is 2.82 bits per heavy atom. The van der Waals surface area contributed by atoms with Gasteiger partial charge in [-0.2, -0.15) is 5.10 Å². The molecule has 4 heteroatoms. The fraction of sp³-hybridized carbons (Fsp3) is 0.538. The number of nitrogens with one attached hydrogen (secondary N) is 1. The standard InChI is InChI=1S/C13H18N4/c1-3-8-17(10-11-4-5-11)13-7-6-12(9-14-2)15-16-13/h1,6-7,11,14H,4-5,8-10H2,2H3. The number of terminal acetylenes is 1. The van der Waals surface area contributed by atoms with Gasteiger partial charge in [-0.3, -0.25) is 0 Å². The van der Waals surface area contributed by atoms with E-state index in [9.17, 15) is 0 Å². The summed E-state index contributed by atoms with van der Waals surface area (Å²) >= 11 is 0. The molecule has 0 spiro atoms. The lowest BCUT2D eigenvalue weighted by atomic mass is 10.3. The third kappa shape index (κ3) is 3.43. The molecule has 2 rings (SSSR count). The molecule has 0 aromatic carbocycles. The smallest absolute Gasteiger partial charge is 0.152 e. The first-order valence-corrected chi connectivity index (χ1v) is 5.99. The summed E-state index contributed by atoms with van der Waals surface area (Å²) in [6.07, 6.45) is 8.01. The van der Waals surface area contributed by atoms with E-state index in [2.05, 4.69) is 26.3 Å². The molecule has 1 aromatic heterocycles. The van der Waals surface area contributed by atoms with Gasteiger partial charge >= 0.3 is 0 Å². The highest BCUT2D eigenvalue weighted by molar-refractivity contribution is 5.39. The number of hydrogen-bond acceptors (Lipinski definition) is 4. The molecule has 4 nitrogen and oxygen atoms in total. The zero-order chi connectivity index (χ0) is 12.1. The fourth-order valence-corrected chi connectivity index (χ4v) is 1.76. The molecule has 1 heterocycles. The molecule has 1 fully saturated rings. The number of anilines is 1. The van der Waals surface area contributed by atoms with E-state index in [4.69, 9.17) is 6.42 Å². The molecule has 1 N–H and O–H groups in total. The average Bonchev–Trinajstić information content (AvgIpc) is 3.14. The van der Waals surface area contributed by atoms with E-state index in [-0.39, 0.29) is 0 Å². The molecule has 1 aliphatic carbocycles. The van der Waals surface area contributed by atoms with Gasteiger partial charge in [0.05, 0.1) is 12.2 Å². The molecule has 0 bridgehead atoms. The maximum absolute atomic E-state index is 5.39. The van der Waals surface area contributed by atoms with Crippen LogP contribution >= 0.6 is 0 Å². The van der Waals surface area contributed by atoms with Gasteiger partial charge in [-0.05, 0) is 37.9 Å². The Bertz CT molecular complexity index is 389. The molecule has 17 heavy (non-hydrogen) atoms. The van der Waals surface area contributed by atoms with Crippen LogP contribution in [0.1, 0.15) is 18.5 Å². The van der Waals surface area contributed by atoms with E-state index in [1.165, 1.54) is 12.8 Å². The lowest BCUT2D eigenvalue weighted by Gasteiger charge is -2.20. The molecule has 0 amide bonds. The van der Waals surface area contributed by atoms with Crippen LogP contribution in [0.15, 0.2) is 12.1 Å². The quantitative estimate of drug-likeness (QED) is 0.742. The second kappa shape index (κ2) is 5.65. The van der Waals surface area contributed by atoms with Gasteiger partial charge in [-0.25, -0.2) is 0 Å². The molecule has 0 unspecified atom stereocenters. The Hall–Kier alpha value is -1.60. The van der Waals surface area contributed by atoms with Gasteiger partial charge in [0, 0.05) is 13.1 Å². The third-order valence-electron chi connectivity index (χ3n) is 2.85. The Kier molecular flexibility index (Phi) is 3.94. The van der Waals surface area contributed by atoms with Crippen molar-refractivity contribution < 1.29 is 0 Å². The second-order valence-electron chi connectivity index (χ2n) is 4.44. The first kappa shape index (κ1) is 11.9. The topological polar surface area (TPSA) is 41.0 Å². The van der Waals surface area contributed by atoms with E-state index in [1.807, 2.05) is 19.2 Å². The fourth-order valence-electron chi connectivity index (χ4n) is 1.76. The summed E-state index contributed by atoms with van der Waals surface area (Å²) in [5, 5.41) is 11.5. The highest BCUT2D eigenvalue weighted by Gasteiger charge is 2.24. The largest absolute Gasteiger partial charge is 0.344 e. The zero-order valence-electron chi connectivity index (χ0n) is 10.2. The van der Waals surface area contributed by atoms with Crippen molar-refractivity contribution in [3.8, 4) is 12.3 Å². The summed E-state index contributed by atoms with van der Waals surface area (Å²) < 4.78 is 0. The zero-order valence-corrected chi connectivity index (χ0v) is 10.2. The van der Waals surface area contributed by atoms with Gasteiger partial charge < -0.3 is 10.2 Å². The number of aromatic nitrogens is 2. The summed E-state index contributed by atoms with van der Waals surface area (Å²) in [4.78, 5) is 2.13. The number of nitrogens with zero attached hydrogens (tertiary/aromatic N) is 3. The van der Waals surface area contributed by atoms with Crippen LogP contribution in [0.5, 0.6) is 0 Å². The Balaban J connectivity index is 2.03. The van der Waals surface area contributed by atoms with Crippen molar-refractivity contribution in [1.82, 2.24) is 15.5 Å². The minimum atomic E-state index is 0.608. The maximum Gasteiger partial charge on any atom is 0.152 e. The van der Waals surface area contributed by atoms with Gasteiger partial charge in [-0.1, -0.05) is 5.92 Å². The van der Waals surface area contributed by atoms with Crippen LogP contribution in [0.2, 0.25) is 0 Å².